The van der Waals surface area contributed by atoms with Gasteiger partial charge in [-0.15, -0.1) is 0 Å². The summed E-state index contributed by atoms with van der Waals surface area (Å²) in [6.45, 7) is 7.32. The van der Waals surface area contributed by atoms with Gasteiger partial charge in [0.15, 0.2) is 11.5 Å². The molecule has 72 valence electrons. The van der Waals surface area contributed by atoms with Crippen molar-refractivity contribution >= 4 is 0 Å². The summed E-state index contributed by atoms with van der Waals surface area (Å²) >= 11 is 0. The number of benzene rings is 1. The fraction of sp³-hybridized carbons (Fsp3) is 0.455. The molecule has 1 aromatic rings. The molecular weight excluding hydrogens is 164 g/mol. The Morgan fingerprint density at radius 3 is 2.23 bits per heavy atom. The highest BCUT2D eigenvalue weighted by Crippen LogP contribution is 2.27. The minimum absolute atomic E-state index is 0.670. The predicted molar refractivity (Wildman–Crippen MR) is 53.5 cm³/mol. The molecule has 0 saturated heterocycles. The summed E-state index contributed by atoms with van der Waals surface area (Å²) in [5.74, 6) is 1.67. The van der Waals surface area contributed by atoms with Gasteiger partial charge in [0.25, 0.3) is 0 Å². The van der Waals surface area contributed by atoms with Gasteiger partial charge >= 0.3 is 0 Å². The van der Waals surface area contributed by atoms with Crippen molar-refractivity contribution in [2.75, 3.05) is 13.2 Å². The molecule has 0 aliphatic heterocycles. The molecule has 0 unspecified atom stereocenters. The molecule has 0 atom stereocenters. The van der Waals surface area contributed by atoms with E-state index in [1.807, 2.05) is 39.0 Å². The minimum Gasteiger partial charge on any atom is -0.490 e. The van der Waals surface area contributed by atoms with Crippen molar-refractivity contribution in [1.29, 1.82) is 0 Å². The first-order chi connectivity index (χ1) is 6.27. The molecule has 2 heteroatoms. The third-order valence-electron chi connectivity index (χ3n) is 1.70. The van der Waals surface area contributed by atoms with E-state index in [-0.39, 0.29) is 0 Å². The molecule has 0 radical (unpaired) electrons. The molecule has 0 aliphatic rings. The Morgan fingerprint density at radius 1 is 1.00 bits per heavy atom. The van der Waals surface area contributed by atoms with Crippen LogP contribution < -0.4 is 9.47 Å². The van der Waals surface area contributed by atoms with E-state index in [9.17, 15) is 0 Å². The second-order valence-electron chi connectivity index (χ2n) is 2.82. The summed E-state index contributed by atoms with van der Waals surface area (Å²) < 4.78 is 10.9. The van der Waals surface area contributed by atoms with Crippen molar-refractivity contribution in [3.63, 3.8) is 0 Å². The first-order valence-corrected chi connectivity index (χ1v) is 4.64. The van der Waals surface area contributed by atoms with Gasteiger partial charge in [-0.3, -0.25) is 0 Å². The van der Waals surface area contributed by atoms with Crippen LogP contribution in [0.2, 0.25) is 0 Å². The zero-order valence-corrected chi connectivity index (χ0v) is 8.46. The standard InChI is InChI=1S/C11H16O2/c1-4-12-10-7-6-9(3)8-11(10)13-5-2/h6-8H,4-5H2,1-3H3. The Bertz CT molecular complexity index is 269. The molecule has 0 spiro atoms. The number of rotatable bonds is 4. The molecule has 0 aliphatic carbocycles. The Hall–Kier alpha value is -1.18. The summed E-state index contributed by atoms with van der Waals surface area (Å²) in [7, 11) is 0. The molecule has 1 rings (SSSR count). The van der Waals surface area contributed by atoms with Crippen LogP contribution >= 0.6 is 0 Å². The van der Waals surface area contributed by atoms with Crippen LogP contribution in [0.25, 0.3) is 0 Å². The smallest absolute Gasteiger partial charge is 0.161 e. The van der Waals surface area contributed by atoms with Crippen LogP contribution in [-0.4, -0.2) is 13.2 Å². The van der Waals surface area contributed by atoms with Crippen LogP contribution in [0.15, 0.2) is 18.2 Å². The normalized spacial score (nSPS) is 9.77. The van der Waals surface area contributed by atoms with Gasteiger partial charge in [-0.05, 0) is 38.5 Å². The fourth-order valence-corrected chi connectivity index (χ4v) is 1.16. The predicted octanol–water partition coefficient (Wildman–Crippen LogP) is 2.79. The van der Waals surface area contributed by atoms with E-state index < -0.39 is 0 Å². The van der Waals surface area contributed by atoms with Gasteiger partial charge in [0.05, 0.1) is 13.2 Å². The van der Waals surface area contributed by atoms with Gasteiger partial charge in [-0.1, -0.05) is 6.07 Å². The van der Waals surface area contributed by atoms with E-state index in [2.05, 4.69) is 0 Å². The molecule has 0 fully saturated rings. The average molecular weight is 180 g/mol. The van der Waals surface area contributed by atoms with E-state index in [0.717, 1.165) is 11.5 Å². The summed E-state index contributed by atoms with van der Waals surface area (Å²) in [6, 6.07) is 5.96. The van der Waals surface area contributed by atoms with Crippen molar-refractivity contribution in [2.45, 2.75) is 20.8 Å². The molecule has 0 bridgehead atoms. The molecule has 0 amide bonds. The largest absolute Gasteiger partial charge is 0.490 e. The summed E-state index contributed by atoms with van der Waals surface area (Å²) in [6.07, 6.45) is 0. The van der Waals surface area contributed by atoms with Crippen LogP contribution in [-0.2, 0) is 0 Å². The molecule has 0 N–H and O–H groups in total. The van der Waals surface area contributed by atoms with Gasteiger partial charge in [0.1, 0.15) is 0 Å². The van der Waals surface area contributed by atoms with Crippen molar-refractivity contribution in [2.24, 2.45) is 0 Å². The van der Waals surface area contributed by atoms with Crippen LogP contribution in [0.4, 0.5) is 0 Å². The molecule has 2 nitrogen and oxygen atoms in total. The lowest BCUT2D eigenvalue weighted by molar-refractivity contribution is 0.287. The van der Waals surface area contributed by atoms with Crippen molar-refractivity contribution in [3.8, 4) is 11.5 Å². The Kier molecular flexibility index (Phi) is 3.62. The lowest BCUT2D eigenvalue weighted by Crippen LogP contribution is -1.98. The number of hydrogen-bond donors (Lipinski definition) is 0. The maximum atomic E-state index is 5.45. The van der Waals surface area contributed by atoms with Crippen LogP contribution in [0.5, 0.6) is 11.5 Å². The zero-order chi connectivity index (χ0) is 9.68. The highest BCUT2D eigenvalue weighted by molar-refractivity contribution is 5.42. The van der Waals surface area contributed by atoms with Crippen LogP contribution in [0.3, 0.4) is 0 Å². The van der Waals surface area contributed by atoms with E-state index >= 15 is 0 Å². The average Bonchev–Trinajstić information content (AvgIpc) is 2.10. The van der Waals surface area contributed by atoms with E-state index in [4.69, 9.17) is 9.47 Å². The van der Waals surface area contributed by atoms with E-state index in [1.165, 1.54) is 5.56 Å². The maximum Gasteiger partial charge on any atom is 0.161 e. The molecule has 13 heavy (non-hydrogen) atoms. The van der Waals surface area contributed by atoms with Gasteiger partial charge in [0, 0.05) is 0 Å². The number of aryl methyl sites for hydroxylation is 1. The SMILES string of the molecule is CCOc1ccc(C)cc1OCC. The van der Waals surface area contributed by atoms with Crippen LogP contribution in [0, 0.1) is 6.92 Å². The van der Waals surface area contributed by atoms with Crippen molar-refractivity contribution in [3.05, 3.63) is 23.8 Å². The van der Waals surface area contributed by atoms with Gasteiger partial charge < -0.3 is 9.47 Å². The highest BCUT2D eigenvalue weighted by Gasteiger charge is 2.03. The highest BCUT2D eigenvalue weighted by atomic mass is 16.5. The lowest BCUT2D eigenvalue weighted by atomic mass is 10.2. The number of hydrogen-bond acceptors (Lipinski definition) is 2. The summed E-state index contributed by atoms with van der Waals surface area (Å²) in [5, 5.41) is 0. The maximum absolute atomic E-state index is 5.45. The summed E-state index contributed by atoms with van der Waals surface area (Å²) in [5.41, 5.74) is 1.19. The fourth-order valence-electron chi connectivity index (χ4n) is 1.16. The Morgan fingerprint density at radius 2 is 1.62 bits per heavy atom. The summed E-state index contributed by atoms with van der Waals surface area (Å²) in [4.78, 5) is 0. The number of ether oxygens (including phenoxy) is 2. The lowest BCUT2D eigenvalue weighted by Gasteiger charge is -2.10. The first-order valence-electron chi connectivity index (χ1n) is 4.64. The first kappa shape index (κ1) is 9.90. The second kappa shape index (κ2) is 4.75. The third-order valence-corrected chi connectivity index (χ3v) is 1.70. The Labute approximate surface area is 79.5 Å². The second-order valence-corrected chi connectivity index (χ2v) is 2.82. The van der Waals surface area contributed by atoms with E-state index in [1.54, 1.807) is 0 Å². The Balaban J connectivity index is 2.89. The third kappa shape index (κ3) is 2.65. The van der Waals surface area contributed by atoms with Gasteiger partial charge in [0.2, 0.25) is 0 Å². The minimum atomic E-state index is 0.670. The molecular formula is C11H16O2. The molecule has 0 saturated carbocycles. The van der Waals surface area contributed by atoms with Crippen molar-refractivity contribution < 1.29 is 9.47 Å². The molecule has 0 aromatic heterocycles. The van der Waals surface area contributed by atoms with Gasteiger partial charge in [-0.25, -0.2) is 0 Å². The zero-order valence-electron chi connectivity index (χ0n) is 8.46. The molecule has 1 aromatic carbocycles. The topological polar surface area (TPSA) is 18.5 Å². The monoisotopic (exact) mass is 180 g/mol. The van der Waals surface area contributed by atoms with Crippen molar-refractivity contribution in [1.82, 2.24) is 0 Å². The van der Waals surface area contributed by atoms with Gasteiger partial charge in [-0.2, -0.15) is 0 Å². The van der Waals surface area contributed by atoms with E-state index in [0.29, 0.717) is 13.2 Å². The van der Waals surface area contributed by atoms with Crippen LogP contribution in [0.1, 0.15) is 19.4 Å². The molecule has 0 heterocycles. The quantitative estimate of drug-likeness (QED) is 0.709.